The van der Waals surface area contributed by atoms with Crippen molar-refractivity contribution in [2.24, 2.45) is 0 Å². The van der Waals surface area contributed by atoms with Gasteiger partial charge < -0.3 is 14.7 Å². The number of halogens is 3. The van der Waals surface area contributed by atoms with Crippen molar-refractivity contribution in [3.05, 3.63) is 35.9 Å². The molecular formula is C16H19Cl3N2O4. The third kappa shape index (κ3) is 5.92. The topological polar surface area (TPSA) is 70.1 Å². The van der Waals surface area contributed by atoms with Crippen molar-refractivity contribution >= 4 is 46.9 Å². The maximum atomic E-state index is 12.1. The molecule has 0 bridgehead atoms. The molecule has 1 N–H and O–H groups in total. The van der Waals surface area contributed by atoms with Crippen LogP contribution in [0.3, 0.4) is 0 Å². The number of alkyl halides is 3. The summed E-state index contributed by atoms with van der Waals surface area (Å²) in [6.07, 6.45) is -0.344. The Bertz CT molecular complexity index is 609. The molecule has 1 amide bonds. The monoisotopic (exact) mass is 408 g/mol. The maximum absolute atomic E-state index is 12.1. The summed E-state index contributed by atoms with van der Waals surface area (Å²) in [5.74, 6) is -0.915. The molecule has 0 aromatic heterocycles. The summed E-state index contributed by atoms with van der Waals surface area (Å²) in [6, 6.07) is 8.61. The second-order valence-electron chi connectivity index (χ2n) is 5.94. The van der Waals surface area contributed by atoms with Gasteiger partial charge >= 0.3 is 12.1 Å². The van der Waals surface area contributed by atoms with Crippen LogP contribution in [0.5, 0.6) is 0 Å². The van der Waals surface area contributed by atoms with Gasteiger partial charge in [-0.3, -0.25) is 9.69 Å². The number of hydrogen-bond acceptors (Lipinski definition) is 4. The van der Waals surface area contributed by atoms with E-state index in [0.717, 1.165) is 5.56 Å². The fraction of sp³-hybridized carbons (Fsp3) is 0.500. The number of carbonyl (C=O) groups is 2. The summed E-state index contributed by atoms with van der Waals surface area (Å²) in [5, 5.41) is 9.48. The summed E-state index contributed by atoms with van der Waals surface area (Å²) in [4.78, 5) is 26.8. The Morgan fingerprint density at radius 2 is 1.96 bits per heavy atom. The largest absolute Gasteiger partial charge is 0.480 e. The molecule has 1 aromatic carbocycles. The molecule has 2 rings (SSSR count). The predicted octanol–water partition coefficient (Wildman–Crippen LogP) is 3.15. The van der Waals surface area contributed by atoms with E-state index in [1.807, 2.05) is 35.2 Å². The normalized spacial score (nSPS) is 21.1. The zero-order valence-electron chi connectivity index (χ0n) is 13.6. The van der Waals surface area contributed by atoms with Crippen LogP contribution < -0.4 is 0 Å². The average molecular weight is 410 g/mol. The van der Waals surface area contributed by atoms with Crippen LogP contribution in [0.2, 0.25) is 0 Å². The van der Waals surface area contributed by atoms with Gasteiger partial charge in [-0.15, -0.1) is 0 Å². The minimum absolute atomic E-state index is 0.298. The quantitative estimate of drug-likeness (QED) is 0.757. The van der Waals surface area contributed by atoms with E-state index in [0.29, 0.717) is 19.5 Å². The van der Waals surface area contributed by atoms with Crippen LogP contribution in [0, 0.1) is 0 Å². The van der Waals surface area contributed by atoms with E-state index in [4.69, 9.17) is 39.5 Å². The molecule has 1 fully saturated rings. The van der Waals surface area contributed by atoms with Crippen molar-refractivity contribution in [1.82, 2.24) is 9.80 Å². The SMILES string of the molecule is CN(C(=O)OCC(Cl)(Cl)Cl)[C@H]1C[C@@H](C(=O)O)N(Cc2ccccc2)C1. The van der Waals surface area contributed by atoms with Crippen molar-refractivity contribution in [1.29, 1.82) is 0 Å². The van der Waals surface area contributed by atoms with Crippen molar-refractivity contribution in [3.8, 4) is 0 Å². The van der Waals surface area contributed by atoms with E-state index in [-0.39, 0.29) is 12.6 Å². The molecule has 1 aromatic rings. The second kappa shape index (κ2) is 8.45. The number of likely N-dealkylation sites (N-methyl/N-ethyl adjacent to an activating group) is 1. The molecule has 138 valence electrons. The number of likely N-dealkylation sites (tertiary alicyclic amines) is 1. The third-order valence-corrected chi connectivity index (χ3v) is 4.42. The van der Waals surface area contributed by atoms with Gasteiger partial charge in [0.15, 0.2) is 0 Å². The number of amides is 1. The molecule has 0 spiro atoms. The number of nitrogens with zero attached hydrogens (tertiary/aromatic N) is 2. The highest BCUT2D eigenvalue weighted by Gasteiger charge is 2.40. The molecule has 1 saturated heterocycles. The highest BCUT2D eigenvalue weighted by molar-refractivity contribution is 6.67. The highest BCUT2D eigenvalue weighted by atomic mass is 35.6. The molecule has 25 heavy (non-hydrogen) atoms. The van der Waals surface area contributed by atoms with Crippen LogP contribution in [0.4, 0.5) is 4.79 Å². The van der Waals surface area contributed by atoms with Crippen LogP contribution in [0.15, 0.2) is 30.3 Å². The maximum Gasteiger partial charge on any atom is 0.409 e. The molecule has 0 unspecified atom stereocenters. The van der Waals surface area contributed by atoms with Gasteiger partial charge in [0.1, 0.15) is 12.6 Å². The van der Waals surface area contributed by atoms with E-state index < -0.39 is 21.9 Å². The molecular weight excluding hydrogens is 391 g/mol. The zero-order chi connectivity index (χ0) is 18.6. The first kappa shape index (κ1) is 20.1. The molecule has 1 aliphatic heterocycles. The van der Waals surface area contributed by atoms with E-state index in [9.17, 15) is 14.7 Å². The lowest BCUT2D eigenvalue weighted by molar-refractivity contribution is -0.142. The first-order chi connectivity index (χ1) is 11.7. The number of hydrogen-bond donors (Lipinski definition) is 1. The summed E-state index contributed by atoms with van der Waals surface area (Å²) in [5.41, 5.74) is 1.01. The predicted molar refractivity (Wildman–Crippen MR) is 96.1 cm³/mol. The fourth-order valence-corrected chi connectivity index (χ4v) is 2.97. The van der Waals surface area contributed by atoms with Gasteiger partial charge in [0.25, 0.3) is 0 Å². The summed E-state index contributed by atoms with van der Waals surface area (Å²) >= 11 is 16.7. The number of ether oxygens (including phenoxy) is 1. The van der Waals surface area contributed by atoms with Crippen LogP contribution in [-0.2, 0) is 16.1 Å². The summed E-state index contributed by atoms with van der Waals surface area (Å²) in [7, 11) is 1.55. The number of carbonyl (C=O) groups excluding carboxylic acids is 1. The van der Waals surface area contributed by atoms with E-state index >= 15 is 0 Å². The minimum atomic E-state index is -1.69. The minimum Gasteiger partial charge on any atom is -0.480 e. The van der Waals surface area contributed by atoms with Crippen LogP contribution in [0.1, 0.15) is 12.0 Å². The standard InChI is InChI=1S/C16H19Cl3N2O4/c1-20(15(24)25-10-16(17,18)19)12-7-13(14(22)23)21(9-12)8-11-5-3-2-4-6-11/h2-6,12-13H,7-10H2,1H3,(H,22,23)/t12-,13-/m0/s1. The number of rotatable bonds is 5. The molecule has 1 heterocycles. The van der Waals surface area contributed by atoms with Gasteiger partial charge in [0.2, 0.25) is 3.79 Å². The second-order valence-corrected chi connectivity index (χ2v) is 8.46. The Labute approximate surface area is 161 Å². The van der Waals surface area contributed by atoms with Crippen molar-refractivity contribution in [3.63, 3.8) is 0 Å². The number of benzene rings is 1. The Hall–Kier alpha value is -1.21. The number of carboxylic acid groups (broad SMARTS) is 1. The third-order valence-electron chi connectivity index (χ3n) is 4.09. The lowest BCUT2D eigenvalue weighted by Crippen LogP contribution is -2.40. The van der Waals surface area contributed by atoms with Gasteiger partial charge in [-0.05, 0) is 12.0 Å². The van der Waals surface area contributed by atoms with Gasteiger partial charge in [-0.2, -0.15) is 0 Å². The molecule has 0 radical (unpaired) electrons. The van der Waals surface area contributed by atoms with Crippen LogP contribution >= 0.6 is 34.8 Å². The molecule has 0 saturated carbocycles. The van der Waals surface area contributed by atoms with Gasteiger partial charge in [0.05, 0.1) is 0 Å². The van der Waals surface area contributed by atoms with Crippen molar-refractivity contribution < 1.29 is 19.4 Å². The van der Waals surface area contributed by atoms with Gasteiger partial charge in [0, 0.05) is 26.2 Å². The number of carboxylic acids is 1. The number of aliphatic carboxylic acids is 1. The Kier molecular flexibility index (Phi) is 6.79. The van der Waals surface area contributed by atoms with Gasteiger partial charge in [-0.25, -0.2) is 4.79 Å². The van der Waals surface area contributed by atoms with Crippen LogP contribution in [-0.4, -0.2) is 63.0 Å². The summed E-state index contributed by atoms with van der Waals surface area (Å²) in [6.45, 7) is 0.542. The van der Waals surface area contributed by atoms with Crippen molar-refractivity contribution in [2.45, 2.75) is 28.8 Å². The van der Waals surface area contributed by atoms with Gasteiger partial charge in [-0.1, -0.05) is 65.1 Å². The molecule has 0 aliphatic carbocycles. The lowest BCUT2D eigenvalue weighted by atomic mass is 10.1. The van der Waals surface area contributed by atoms with Crippen molar-refractivity contribution in [2.75, 3.05) is 20.2 Å². The van der Waals surface area contributed by atoms with E-state index in [2.05, 4.69) is 0 Å². The van der Waals surface area contributed by atoms with Crippen LogP contribution in [0.25, 0.3) is 0 Å². The molecule has 9 heteroatoms. The van der Waals surface area contributed by atoms with E-state index in [1.165, 1.54) is 4.90 Å². The highest BCUT2D eigenvalue weighted by Crippen LogP contribution is 2.27. The molecule has 1 aliphatic rings. The first-order valence-electron chi connectivity index (χ1n) is 7.64. The Morgan fingerprint density at radius 3 is 2.52 bits per heavy atom. The average Bonchev–Trinajstić information content (AvgIpc) is 2.96. The smallest absolute Gasteiger partial charge is 0.409 e. The molecule has 2 atom stereocenters. The van der Waals surface area contributed by atoms with E-state index in [1.54, 1.807) is 7.05 Å². The fourth-order valence-electron chi connectivity index (χ4n) is 2.80. The first-order valence-corrected chi connectivity index (χ1v) is 8.78. The molecule has 6 nitrogen and oxygen atoms in total. The Balaban J connectivity index is 2.00. The Morgan fingerprint density at radius 1 is 1.32 bits per heavy atom. The zero-order valence-corrected chi connectivity index (χ0v) is 15.8. The lowest BCUT2D eigenvalue weighted by Gasteiger charge is -2.25. The summed E-state index contributed by atoms with van der Waals surface area (Å²) < 4.78 is 3.27.